The van der Waals surface area contributed by atoms with Crippen molar-refractivity contribution in [3.8, 4) is 0 Å². The van der Waals surface area contributed by atoms with E-state index in [2.05, 4.69) is 34.6 Å². The molecule has 1 saturated carbocycles. The molecule has 1 aromatic carbocycles. The van der Waals surface area contributed by atoms with Crippen LogP contribution in [0.15, 0.2) is 40.9 Å². The van der Waals surface area contributed by atoms with E-state index in [4.69, 9.17) is 0 Å². The molecule has 0 radical (unpaired) electrons. The van der Waals surface area contributed by atoms with Gasteiger partial charge >= 0.3 is 0 Å². The molecule has 1 heterocycles. The topological polar surface area (TPSA) is 24.9 Å². The van der Waals surface area contributed by atoms with E-state index >= 15 is 0 Å². The maximum Gasteiger partial charge on any atom is 0.0794 e. The molecule has 3 rings (SSSR count). The van der Waals surface area contributed by atoms with Gasteiger partial charge in [-0.3, -0.25) is 4.98 Å². The van der Waals surface area contributed by atoms with E-state index in [1.807, 2.05) is 23.5 Å². The second kappa shape index (κ2) is 5.87. The van der Waals surface area contributed by atoms with Crippen LogP contribution in [-0.2, 0) is 12.3 Å². The number of aromatic nitrogens is 1. The monoisotopic (exact) mass is 276 g/mol. The van der Waals surface area contributed by atoms with Crippen molar-refractivity contribution in [2.45, 2.75) is 36.1 Å². The van der Waals surface area contributed by atoms with Crippen molar-refractivity contribution in [3.63, 3.8) is 0 Å². The van der Waals surface area contributed by atoms with Crippen LogP contribution >= 0.6 is 23.1 Å². The van der Waals surface area contributed by atoms with E-state index in [-0.39, 0.29) is 0 Å². The number of rotatable bonds is 6. The molecular formula is C14H16N2S2. The van der Waals surface area contributed by atoms with Crippen molar-refractivity contribution >= 4 is 23.1 Å². The van der Waals surface area contributed by atoms with Crippen molar-refractivity contribution in [2.24, 2.45) is 0 Å². The minimum absolute atomic E-state index is 0.776. The lowest BCUT2D eigenvalue weighted by molar-refractivity contribution is 0.687. The summed E-state index contributed by atoms with van der Waals surface area (Å²) in [6.45, 7) is 1.000. The number of hydrogen-bond donors (Lipinski definition) is 1. The Hall–Kier alpha value is -0.840. The number of nitrogens with zero attached hydrogens (tertiary/aromatic N) is 1. The molecule has 2 aromatic rings. The number of thiazole rings is 1. The minimum Gasteiger partial charge on any atom is -0.310 e. The molecular weight excluding hydrogens is 260 g/mol. The summed E-state index contributed by atoms with van der Waals surface area (Å²) in [7, 11) is 0. The van der Waals surface area contributed by atoms with Gasteiger partial charge in [0.05, 0.1) is 5.51 Å². The summed E-state index contributed by atoms with van der Waals surface area (Å²) < 4.78 is 0. The van der Waals surface area contributed by atoms with E-state index in [0.29, 0.717) is 0 Å². The molecule has 0 aliphatic heterocycles. The largest absolute Gasteiger partial charge is 0.310 e. The lowest BCUT2D eigenvalue weighted by atomic mass is 10.2. The van der Waals surface area contributed by atoms with Crippen molar-refractivity contribution in [2.75, 3.05) is 0 Å². The second-order valence-corrected chi connectivity index (χ2v) is 6.58. The van der Waals surface area contributed by atoms with Gasteiger partial charge in [0.25, 0.3) is 0 Å². The first-order chi connectivity index (χ1) is 8.90. The molecule has 1 aliphatic carbocycles. The summed E-state index contributed by atoms with van der Waals surface area (Å²) in [4.78, 5) is 6.78. The molecule has 1 aliphatic rings. The summed E-state index contributed by atoms with van der Waals surface area (Å²) in [6.07, 6.45) is 4.65. The Bertz CT molecular complexity index is 492. The van der Waals surface area contributed by atoms with Gasteiger partial charge < -0.3 is 5.32 Å². The third kappa shape index (κ3) is 3.57. The molecule has 0 saturated heterocycles. The standard InChI is InChI=1S/C14H16N2S2/c1-2-11(7-16-12-4-5-12)6-13(3-1)17-9-14-8-15-10-18-14/h1-3,6,8,10,12,16H,4-5,7,9H2. The van der Waals surface area contributed by atoms with Crippen LogP contribution in [0.25, 0.3) is 0 Å². The molecule has 0 unspecified atom stereocenters. The smallest absolute Gasteiger partial charge is 0.0794 e. The quantitative estimate of drug-likeness (QED) is 0.815. The zero-order valence-corrected chi connectivity index (χ0v) is 11.8. The van der Waals surface area contributed by atoms with Gasteiger partial charge in [-0.15, -0.1) is 23.1 Å². The SMILES string of the molecule is c1cc(CNC2CC2)cc(SCc2cncs2)c1. The van der Waals surface area contributed by atoms with E-state index in [1.54, 1.807) is 11.3 Å². The fraction of sp³-hybridized carbons (Fsp3) is 0.357. The molecule has 1 aromatic heterocycles. The highest BCUT2D eigenvalue weighted by molar-refractivity contribution is 7.98. The molecule has 1 fully saturated rings. The summed E-state index contributed by atoms with van der Waals surface area (Å²) >= 11 is 3.61. The third-order valence-corrected chi connectivity index (χ3v) is 4.94. The molecule has 0 spiro atoms. The summed E-state index contributed by atoms with van der Waals surface area (Å²) in [5, 5.41) is 3.55. The normalized spacial score (nSPS) is 14.9. The van der Waals surface area contributed by atoms with E-state index in [0.717, 1.165) is 18.3 Å². The molecule has 0 bridgehead atoms. The average Bonchev–Trinajstić information content (AvgIpc) is 3.09. The first kappa shape index (κ1) is 12.2. The van der Waals surface area contributed by atoms with Crippen LogP contribution in [0.2, 0.25) is 0 Å². The fourth-order valence-electron chi connectivity index (χ4n) is 1.76. The van der Waals surface area contributed by atoms with Crippen LogP contribution in [0.4, 0.5) is 0 Å². The molecule has 18 heavy (non-hydrogen) atoms. The third-order valence-electron chi connectivity index (χ3n) is 2.94. The van der Waals surface area contributed by atoms with Gasteiger partial charge in [-0.25, -0.2) is 0 Å². The van der Waals surface area contributed by atoms with Crippen LogP contribution in [0.5, 0.6) is 0 Å². The maximum absolute atomic E-state index is 4.10. The van der Waals surface area contributed by atoms with Crippen LogP contribution < -0.4 is 5.32 Å². The van der Waals surface area contributed by atoms with Crippen molar-refractivity contribution in [3.05, 3.63) is 46.4 Å². The van der Waals surface area contributed by atoms with E-state index in [1.165, 1.54) is 28.2 Å². The van der Waals surface area contributed by atoms with Gasteiger partial charge in [0.15, 0.2) is 0 Å². The van der Waals surface area contributed by atoms with Gasteiger partial charge in [0.1, 0.15) is 0 Å². The van der Waals surface area contributed by atoms with Crippen LogP contribution in [0, 0.1) is 0 Å². The Morgan fingerprint density at radius 2 is 2.33 bits per heavy atom. The van der Waals surface area contributed by atoms with Crippen LogP contribution in [-0.4, -0.2) is 11.0 Å². The highest BCUT2D eigenvalue weighted by Gasteiger charge is 2.19. The molecule has 0 atom stereocenters. The first-order valence-corrected chi connectivity index (χ1v) is 8.09. The number of benzene rings is 1. The predicted molar refractivity (Wildman–Crippen MR) is 78.0 cm³/mol. The Morgan fingerprint density at radius 3 is 3.11 bits per heavy atom. The van der Waals surface area contributed by atoms with E-state index < -0.39 is 0 Å². The molecule has 94 valence electrons. The second-order valence-electron chi connectivity index (χ2n) is 4.56. The number of hydrogen-bond acceptors (Lipinski definition) is 4. The van der Waals surface area contributed by atoms with Crippen LogP contribution in [0.1, 0.15) is 23.3 Å². The van der Waals surface area contributed by atoms with Crippen molar-refractivity contribution in [1.82, 2.24) is 10.3 Å². The Balaban J connectivity index is 1.55. The minimum atomic E-state index is 0.776. The predicted octanol–water partition coefficient (Wildman–Crippen LogP) is 3.69. The Morgan fingerprint density at radius 1 is 1.39 bits per heavy atom. The zero-order valence-electron chi connectivity index (χ0n) is 10.1. The first-order valence-electron chi connectivity index (χ1n) is 6.22. The molecule has 0 amide bonds. The van der Waals surface area contributed by atoms with Crippen LogP contribution in [0.3, 0.4) is 0 Å². The van der Waals surface area contributed by atoms with Gasteiger partial charge in [-0.1, -0.05) is 12.1 Å². The lowest BCUT2D eigenvalue weighted by Crippen LogP contribution is -2.15. The lowest BCUT2D eigenvalue weighted by Gasteiger charge is -2.05. The summed E-state index contributed by atoms with van der Waals surface area (Å²) in [5.41, 5.74) is 3.28. The van der Waals surface area contributed by atoms with E-state index in [9.17, 15) is 0 Å². The van der Waals surface area contributed by atoms with Gasteiger partial charge in [0, 0.05) is 34.3 Å². The average molecular weight is 276 g/mol. The van der Waals surface area contributed by atoms with Crippen molar-refractivity contribution in [1.29, 1.82) is 0 Å². The Labute approximate surface area is 116 Å². The molecule has 1 N–H and O–H groups in total. The van der Waals surface area contributed by atoms with Gasteiger partial charge in [0.2, 0.25) is 0 Å². The molecule has 4 heteroatoms. The fourth-order valence-corrected chi connectivity index (χ4v) is 3.38. The Kier molecular flexibility index (Phi) is 3.98. The van der Waals surface area contributed by atoms with Gasteiger partial charge in [-0.2, -0.15) is 0 Å². The number of thioether (sulfide) groups is 1. The highest BCUT2D eigenvalue weighted by atomic mass is 32.2. The summed E-state index contributed by atoms with van der Waals surface area (Å²) in [5.74, 6) is 1.02. The van der Waals surface area contributed by atoms with Gasteiger partial charge in [-0.05, 0) is 30.5 Å². The van der Waals surface area contributed by atoms with Crippen molar-refractivity contribution < 1.29 is 0 Å². The highest BCUT2D eigenvalue weighted by Crippen LogP contribution is 2.25. The summed E-state index contributed by atoms with van der Waals surface area (Å²) in [6, 6.07) is 9.61. The maximum atomic E-state index is 4.10. The molecule has 2 nitrogen and oxygen atoms in total. The number of nitrogens with one attached hydrogen (secondary N) is 1. The zero-order chi connectivity index (χ0) is 12.2.